The average Bonchev–Trinajstić information content (AvgIpc) is 2.23. The summed E-state index contributed by atoms with van der Waals surface area (Å²) in [5.41, 5.74) is 0. The molecule has 0 aromatic rings. The number of allylic oxidation sites excluding steroid dienone is 4. The van der Waals surface area contributed by atoms with Crippen LogP contribution in [0, 0.1) is 13.2 Å². The molecular weight excluding hydrogens is 204 g/mol. The summed E-state index contributed by atoms with van der Waals surface area (Å²) >= 11 is 0. The maximum absolute atomic E-state index is 7.75. The fourth-order valence-corrected chi connectivity index (χ4v) is 0. The van der Waals surface area contributed by atoms with Gasteiger partial charge in [0.05, 0.1) is 0 Å². The summed E-state index contributed by atoms with van der Waals surface area (Å²) in [7, 11) is 0. The van der Waals surface area contributed by atoms with E-state index in [-0.39, 0.29) is 17.4 Å². The van der Waals surface area contributed by atoms with E-state index >= 15 is 0 Å². The second-order valence-electron chi connectivity index (χ2n) is 0.856. The third-order valence-electron chi connectivity index (χ3n) is 0.272. The molecule has 0 aliphatic rings. The molecule has 0 atom stereocenters. The zero-order valence-electron chi connectivity index (χ0n) is 7.26. The summed E-state index contributed by atoms with van der Waals surface area (Å²) < 4.78 is 0. The van der Waals surface area contributed by atoms with Gasteiger partial charge < -0.3 is 9.59 Å². The fourth-order valence-electron chi connectivity index (χ4n) is 0. The van der Waals surface area contributed by atoms with Gasteiger partial charge in [-0.2, -0.15) is 13.2 Å². The van der Waals surface area contributed by atoms with E-state index in [9.17, 15) is 0 Å². The zero-order chi connectivity index (χ0) is 10.8. The van der Waals surface area contributed by atoms with E-state index in [0.717, 1.165) is 0 Å². The molecular formula is C10H12CrO2. The Morgan fingerprint density at radius 3 is 0.846 bits per heavy atom. The van der Waals surface area contributed by atoms with Gasteiger partial charge in [-0.25, -0.2) is 24.3 Å². The predicted molar refractivity (Wildman–Crippen MR) is 51.6 cm³/mol. The van der Waals surface area contributed by atoms with Crippen LogP contribution in [-0.2, 0) is 27.0 Å². The Labute approximate surface area is 91.5 Å². The Balaban J connectivity index is -0.0000000226. The zero-order valence-corrected chi connectivity index (χ0v) is 8.53. The smallest absolute Gasteiger partial charge is 0.545 e. The minimum Gasteiger partial charge on any atom is -0.545 e. The van der Waals surface area contributed by atoms with Gasteiger partial charge in [0, 0.05) is 0 Å². The Morgan fingerprint density at radius 1 is 0.769 bits per heavy atom. The van der Waals surface area contributed by atoms with Crippen molar-refractivity contribution >= 4 is 13.6 Å². The SMILES string of the molecule is [CH-]=CC=C.[CH-]=CC=C.[CH-]=O.[CH-]=O.[Cr+4]. The predicted octanol–water partition coefficient (Wildman–Crippen LogP) is 1.77. The molecule has 0 aliphatic heterocycles. The van der Waals surface area contributed by atoms with Crippen molar-refractivity contribution in [3.63, 3.8) is 0 Å². The van der Waals surface area contributed by atoms with Gasteiger partial charge in [-0.05, 0) is 0 Å². The van der Waals surface area contributed by atoms with Crippen molar-refractivity contribution in [1.29, 1.82) is 0 Å². The van der Waals surface area contributed by atoms with Crippen molar-refractivity contribution in [2.24, 2.45) is 0 Å². The van der Waals surface area contributed by atoms with Gasteiger partial charge in [-0.15, -0.1) is 0 Å². The fraction of sp³-hybridized carbons (Fsp3) is 0. The van der Waals surface area contributed by atoms with Gasteiger partial charge in [0.2, 0.25) is 0 Å². The molecule has 0 N–H and O–H groups in total. The summed E-state index contributed by atoms with van der Waals surface area (Å²) in [4.78, 5) is 15.5. The Bertz CT molecular complexity index is 85.5. The van der Waals surface area contributed by atoms with E-state index in [1.54, 1.807) is 0 Å². The monoisotopic (exact) mass is 216 g/mol. The first-order chi connectivity index (χ1) is 5.83. The molecule has 0 heterocycles. The topological polar surface area (TPSA) is 34.1 Å². The average molecular weight is 216 g/mol. The van der Waals surface area contributed by atoms with Crippen molar-refractivity contribution in [1.82, 2.24) is 0 Å². The normalized spacial score (nSPS) is 3.69. The first-order valence-corrected chi connectivity index (χ1v) is 2.62. The summed E-state index contributed by atoms with van der Waals surface area (Å²) in [5.74, 6) is 0. The summed E-state index contributed by atoms with van der Waals surface area (Å²) in [5, 5.41) is 0. The largest absolute Gasteiger partial charge is 4.00 e. The maximum atomic E-state index is 7.75. The van der Waals surface area contributed by atoms with Gasteiger partial charge in [-0.3, -0.25) is 26.7 Å². The molecule has 0 aromatic heterocycles. The molecule has 0 aliphatic carbocycles. The van der Waals surface area contributed by atoms with E-state index in [1.807, 2.05) is 0 Å². The maximum Gasteiger partial charge on any atom is 4.00 e. The van der Waals surface area contributed by atoms with Gasteiger partial charge in [0.15, 0.2) is 0 Å². The van der Waals surface area contributed by atoms with Crippen molar-refractivity contribution in [2.45, 2.75) is 0 Å². The second-order valence-corrected chi connectivity index (χ2v) is 0.856. The Kier molecular flexibility index (Phi) is 299. The standard InChI is InChI=1S/2C4H5.2CHO.Cr/c2*1-3-4-2;2*1-2;/h2*1,3-4H,2H2;2*1H;/q4*-1;+4. The van der Waals surface area contributed by atoms with E-state index in [2.05, 4.69) is 26.7 Å². The van der Waals surface area contributed by atoms with Gasteiger partial charge in [0.1, 0.15) is 0 Å². The van der Waals surface area contributed by atoms with Crippen LogP contribution in [0.3, 0.4) is 0 Å². The molecule has 3 heteroatoms. The van der Waals surface area contributed by atoms with Crippen LogP contribution in [0.15, 0.2) is 37.5 Å². The molecule has 0 rings (SSSR count). The van der Waals surface area contributed by atoms with Gasteiger partial charge >= 0.3 is 17.4 Å². The molecule has 0 radical (unpaired) electrons. The first kappa shape index (κ1) is 29.7. The van der Waals surface area contributed by atoms with Crippen LogP contribution in [0.25, 0.3) is 0 Å². The molecule has 0 aromatic carbocycles. The third-order valence-corrected chi connectivity index (χ3v) is 0.272. The van der Waals surface area contributed by atoms with Gasteiger partial charge in [0.25, 0.3) is 0 Å². The van der Waals surface area contributed by atoms with E-state index in [0.29, 0.717) is 0 Å². The Morgan fingerprint density at radius 2 is 0.846 bits per heavy atom. The van der Waals surface area contributed by atoms with Crippen molar-refractivity contribution < 1.29 is 27.0 Å². The van der Waals surface area contributed by atoms with Crippen LogP contribution in [0.1, 0.15) is 0 Å². The Hall–Kier alpha value is -1.17. The molecule has 0 spiro atoms. The quantitative estimate of drug-likeness (QED) is 0.400. The van der Waals surface area contributed by atoms with E-state index in [4.69, 9.17) is 22.7 Å². The summed E-state index contributed by atoms with van der Waals surface area (Å²) in [6.45, 7) is 22.7. The molecule has 0 saturated heterocycles. The molecule has 0 saturated carbocycles. The van der Waals surface area contributed by atoms with Crippen LogP contribution in [0.4, 0.5) is 0 Å². The van der Waals surface area contributed by atoms with Crippen molar-refractivity contribution in [2.75, 3.05) is 0 Å². The second kappa shape index (κ2) is 131. The molecule has 0 amide bonds. The number of hydrogen-bond donors (Lipinski definition) is 0. The molecule has 0 fully saturated rings. The molecule has 2 nitrogen and oxygen atoms in total. The van der Waals surface area contributed by atoms with Crippen LogP contribution >= 0.6 is 0 Å². The van der Waals surface area contributed by atoms with Crippen LogP contribution in [-0.4, -0.2) is 13.6 Å². The summed E-state index contributed by atoms with van der Waals surface area (Å²) in [6.07, 6.45) is 5.83. The van der Waals surface area contributed by atoms with Crippen LogP contribution < -0.4 is 0 Å². The molecule has 0 bridgehead atoms. The number of hydrogen-bond acceptors (Lipinski definition) is 2. The third kappa shape index (κ3) is 1220. The van der Waals surface area contributed by atoms with Gasteiger partial charge in [-0.1, -0.05) is 0 Å². The number of carbonyl (C=O) groups excluding carboxylic acids is 2. The van der Waals surface area contributed by atoms with E-state index in [1.165, 1.54) is 24.3 Å². The molecule has 0 unspecified atom stereocenters. The van der Waals surface area contributed by atoms with Crippen molar-refractivity contribution in [3.8, 4) is 0 Å². The summed E-state index contributed by atoms with van der Waals surface area (Å²) in [6, 6.07) is 0. The molecule has 70 valence electrons. The minimum atomic E-state index is 0. The van der Waals surface area contributed by atoms with Crippen LogP contribution in [0.2, 0.25) is 0 Å². The van der Waals surface area contributed by atoms with Crippen molar-refractivity contribution in [3.05, 3.63) is 50.6 Å². The first-order valence-electron chi connectivity index (χ1n) is 2.62. The number of rotatable bonds is 2. The van der Waals surface area contributed by atoms with E-state index < -0.39 is 0 Å². The minimum absolute atomic E-state index is 0. The van der Waals surface area contributed by atoms with Crippen LogP contribution in [0.5, 0.6) is 0 Å². The molecule has 13 heavy (non-hydrogen) atoms.